The van der Waals surface area contributed by atoms with Crippen LogP contribution in [0.5, 0.6) is 0 Å². The molecule has 0 heterocycles. The van der Waals surface area contributed by atoms with Crippen LogP contribution < -0.4 is 21.7 Å². The van der Waals surface area contributed by atoms with Crippen molar-refractivity contribution in [1.29, 1.82) is 0 Å². The van der Waals surface area contributed by atoms with Crippen LogP contribution in [-0.4, -0.2) is 37.4 Å². The van der Waals surface area contributed by atoms with Gasteiger partial charge in [0, 0.05) is 19.2 Å². The molecule has 0 aliphatic heterocycles. The van der Waals surface area contributed by atoms with E-state index in [0.29, 0.717) is 12.1 Å². The van der Waals surface area contributed by atoms with Gasteiger partial charge in [0.05, 0.1) is 12.6 Å². The highest BCUT2D eigenvalue weighted by molar-refractivity contribution is 5.94. The summed E-state index contributed by atoms with van der Waals surface area (Å²) in [6, 6.07) is 6.27. The summed E-state index contributed by atoms with van der Waals surface area (Å²) < 4.78 is 0. The predicted octanol–water partition coefficient (Wildman–Crippen LogP) is -0.238. The van der Waals surface area contributed by atoms with Crippen molar-refractivity contribution in [2.24, 2.45) is 11.7 Å². The number of rotatable bonds is 7. The van der Waals surface area contributed by atoms with Gasteiger partial charge < -0.3 is 21.7 Å². The lowest BCUT2D eigenvalue weighted by Crippen LogP contribution is -2.47. The van der Waals surface area contributed by atoms with E-state index in [1.165, 1.54) is 0 Å². The van der Waals surface area contributed by atoms with Crippen molar-refractivity contribution in [1.82, 2.24) is 16.0 Å². The van der Waals surface area contributed by atoms with Crippen LogP contribution in [0.3, 0.4) is 0 Å². The van der Waals surface area contributed by atoms with Gasteiger partial charge in [-0.3, -0.25) is 14.4 Å². The van der Waals surface area contributed by atoms with Gasteiger partial charge in [0.2, 0.25) is 11.8 Å². The monoisotopic (exact) mass is 320 g/mol. The number of hydrogen-bond acceptors (Lipinski definition) is 4. The number of carbonyl (C=O) groups excluding carboxylic acids is 3. The van der Waals surface area contributed by atoms with Crippen LogP contribution in [-0.2, 0) is 16.1 Å². The maximum Gasteiger partial charge on any atom is 0.251 e. The highest BCUT2D eigenvalue weighted by atomic mass is 16.2. The summed E-state index contributed by atoms with van der Waals surface area (Å²) in [5.41, 5.74) is 7.10. The lowest BCUT2D eigenvalue weighted by Gasteiger charge is -2.15. The van der Waals surface area contributed by atoms with Gasteiger partial charge in [0.1, 0.15) is 0 Å². The molecule has 7 nitrogen and oxygen atoms in total. The van der Waals surface area contributed by atoms with Gasteiger partial charge >= 0.3 is 0 Å². The predicted molar refractivity (Wildman–Crippen MR) is 87.5 cm³/mol. The van der Waals surface area contributed by atoms with E-state index in [1.54, 1.807) is 31.3 Å². The van der Waals surface area contributed by atoms with E-state index in [0.717, 1.165) is 5.56 Å². The third-order valence-corrected chi connectivity index (χ3v) is 3.38. The molecular weight excluding hydrogens is 296 g/mol. The largest absolute Gasteiger partial charge is 0.355 e. The summed E-state index contributed by atoms with van der Waals surface area (Å²) >= 11 is 0. The van der Waals surface area contributed by atoms with E-state index in [4.69, 9.17) is 5.73 Å². The first kappa shape index (κ1) is 18.6. The molecule has 0 fully saturated rings. The first-order valence-electron chi connectivity index (χ1n) is 7.46. The van der Waals surface area contributed by atoms with E-state index in [1.807, 2.05) is 13.8 Å². The minimum Gasteiger partial charge on any atom is -0.355 e. The summed E-state index contributed by atoms with van der Waals surface area (Å²) in [7, 11) is 1.57. The van der Waals surface area contributed by atoms with E-state index in [9.17, 15) is 14.4 Å². The summed E-state index contributed by atoms with van der Waals surface area (Å²) in [4.78, 5) is 34.8. The van der Waals surface area contributed by atoms with Crippen LogP contribution in [0.25, 0.3) is 0 Å². The maximum atomic E-state index is 11.7. The number of nitrogens with one attached hydrogen (secondary N) is 3. The highest BCUT2D eigenvalue weighted by Crippen LogP contribution is 2.04. The van der Waals surface area contributed by atoms with Crippen LogP contribution in [0, 0.1) is 5.92 Å². The first-order valence-corrected chi connectivity index (χ1v) is 7.46. The Hall–Kier alpha value is -2.41. The molecule has 0 bridgehead atoms. The Morgan fingerprint density at radius 3 is 2.22 bits per heavy atom. The molecule has 1 atom stereocenters. The Balaban J connectivity index is 2.39. The lowest BCUT2D eigenvalue weighted by atomic mass is 10.1. The molecule has 1 aromatic rings. The van der Waals surface area contributed by atoms with Gasteiger partial charge in [-0.1, -0.05) is 26.0 Å². The second-order valence-corrected chi connectivity index (χ2v) is 5.54. The van der Waals surface area contributed by atoms with Crippen molar-refractivity contribution < 1.29 is 14.4 Å². The number of benzene rings is 1. The van der Waals surface area contributed by atoms with Crippen molar-refractivity contribution in [3.63, 3.8) is 0 Å². The smallest absolute Gasteiger partial charge is 0.251 e. The normalized spacial score (nSPS) is 11.7. The minimum atomic E-state index is -0.625. The lowest BCUT2D eigenvalue weighted by molar-refractivity contribution is -0.127. The SMILES string of the molecule is CNC(=O)c1ccc(CNC(=O)CNC(=O)[C@@H](N)C(C)C)cc1. The summed E-state index contributed by atoms with van der Waals surface area (Å²) in [6.45, 7) is 3.88. The number of hydrogen-bond donors (Lipinski definition) is 4. The van der Waals surface area contributed by atoms with E-state index in [-0.39, 0.29) is 30.2 Å². The average molecular weight is 320 g/mol. The van der Waals surface area contributed by atoms with Gasteiger partial charge in [0.25, 0.3) is 5.91 Å². The third kappa shape index (κ3) is 6.07. The molecule has 0 radical (unpaired) electrons. The maximum absolute atomic E-state index is 11.7. The van der Waals surface area contributed by atoms with Gasteiger partial charge in [-0.25, -0.2) is 0 Å². The zero-order chi connectivity index (χ0) is 17.4. The van der Waals surface area contributed by atoms with E-state index >= 15 is 0 Å². The Labute approximate surface area is 136 Å². The standard InChI is InChI=1S/C16H24N4O3/c1-10(2)14(17)16(23)20-9-13(21)19-8-11-4-6-12(7-5-11)15(22)18-3/h4-7,10,14H,8-9,17H2,1-3H3,(H,18,22)(H,19,21)(H,20,23)/t14-/m0/s1. The highest BCUT2D eigenvalue weighted by Gasteiger charge is 2.17. The van der Waals surface area contributed by atoms with Gasteiger partial charge in [0.15, 0.2) is 0 Å². The van der Waals surface area contributed by atoms with Crippen LogP contribution >= 0.6 is 0 Å². The second-order valence-electron chi connectivity index (χ2n) is 5.54. The molecule has 0 unspecified atom stereocenters. The molecule has 0 saturated carbocycles. The molecule has 126 valence electrons. The molecule has 1 aromatic carbocycles. The number of carbonyl (C=O) groups is 3. The molecule has 7 heteroatoms. The molecule has 0 aliphatic rings. The summed E-state index contributed by atoms with van der Waals surface area (Å²) in [5, 5.41) is 7.73. The van der Waals surface area contributed by atoms with Crippen molar-refractivity contribution in [3.05, 3.63) is 35.4 Å². The van der Waals surface area contributed by atoms with Gasteiger partial charge in [-0.2, -0.15) is 0 Å². The fourth-order valence-electron chi connectivity index (χ4n) is 1.77. The summed E-state index contributed by atoms with van der Waals surface area (Å²) in [5.74, 6) is -0.795. The molecule has 0 aliphatic carbocycles. The molecule has 0 saturated heterocycles. The molecule has 23 heavy (non-hydrogen) atoms. The van der Waals surface area contributed by atoms with Gasteiger partial charge in [-0.05, 0) is 23.6 Å². The first-order chi connectivity index (χ1) is 10.8. The van der Waals surface area contributed by atoms with Crippen LogP contribution in [0.2, 0.25) is 0 Å². The van der Waals surface area contributed by atoms with Crippen molar-refractivity contribution >= 4 is 17.7 Å². The minimum absolute atomic E-state index is 0.0110. The fraction of sp³-hybridized carbons (Fsp3) is 0.438. The zero-order valence-electron chi connectivity index (χ0n) is 13.7. The number of amides is 3. The summed E-state index contributed by atoms with van der Waals surface area (Å²) in [6.07, 6.45) is 0. The van der Waals surface area contributed by atoms with Crippen LogP contribution in [0.4, 0.5) is 0 Å². The fourth-order valence-corrected chi connectivity index (χ4v) is 1.77. The third-order valence-electron chi connectivity index (χ3n) is 3.38. The van der Waals surface area contributed by atoms with E-state index in [2.05, 4.69) is 16.0 Å². The Bertz CT molecular complexity index is 555. The molecular formula is C16H24N4O3. The molecule has 0 spiro atoms. The van der Waals surface area contributed by atoms with E-state index < -0.39 is 6.04 Å². The quantitative estimate of drug-likeness (QED) is 0.555. The number of nitrogens with two attached hydrogens (primary N) is 1. The van der Waals surface area contributed by atoms with Crippen molar-refractivity contribution in [3.8, 4) is 0 Å². The average Bonchev–Trinajstić information content (AvgIpc) is 2.56. The second kappa shape index (κ2) is 8.89. The van der Waals surface area contributed by atoms with Gasteiger partial charge in [-0.15, -0.1) is 0 Å². The topological polar surface area (TPSA) is 113 Å². The van der Waals surface area contributed by atoms with Crippen LogP contribution in [0.15, 0.2) is 24.3 Å². The van der Waals surface area contributed by atoms with Crippen LogP contribution in [0.1, 0.15) is 29.8 Å². The molecule has 0 aromatic heterocycles. The molecule has 1 rings (SSSR count). The molecule has 5 N–H and O–H groups in total. The van der Waals surface area contributed by atoms with Crippen molar-refractivity contribution in [2.45, 2.75) is 26.4 Å². The molecule has 3 amide bonds. The van der Waals surface area contributed by atoms with Crippen molar-refractivity contribution in [2.75, 3.05) is 13.6 Å². The zero-order valence-corrected chi connectivity index (χ0v) is 13.7. The Morgan fingerprint density at radius 2 is 1.70 bits per heavy atom. The Morgan fingerprint density at radius 1 is 1.09 bits per heavy atom. The Kier molecular flexibility index (Phi) is 7.21.